The molecule has 1 aromatic carbocycles. The molecule has 0 unspecified atom stereocenters. The minimum Gasteiger partial charge on any atom is -0.399 e. The van der Waals surface area contributed by atoms with Crippen molar-refractivity contribution < 1.29 is 9.59 Å². The predicted octanol–water partition coefficient (Wildman–Crippen LogP) is 0.525. The minimum absolute atomic E-state index is 0.0107. The number of benzene rings is 1. The van der Waals surface area contributed by atoms with Gasteiger partial charge in [0.15, 0.2) is 0 Å². The maximum atomic E-state index is 11.6. The van der Waals surface area contributed by atoms with E-state index in [2.05, 4.69) is 10.6 Å². The van der Waals surface area contributed by atoms with Crippen molar-refractivity contribution in [2.75, 3.05) is 18.8 Å². The van der Waals surface area contributed by atoms with Crippen LogP contribution in [0.15, 0.2) is 24.3 Å². The van der Waals surface area contributed by atoms with E-state index in [0.717, 1.165) is 6.42 Å². The molecule has 0 spiro atoms. The van der Waals surface area contributed by atoms with E-state index in [1.807, 2.05) is 6.92 Å². The zero-order valence-corrected chi connectivity index (χ0v) is 9.82. The van der Waals surface area contributed by atoms with Crippen molar-refractivity contribution in [3.8, 4) is 0 Å². The fourth-order valence-electron chi connectivity index (χ4n) is 1.22. The third-order valence-electron chi connectivity index (χ3n) is 2.15. The molecule has 0 aliphatic rings. The van der Waals surface area contributed by atoms with Gasteiger partial charge in [-0.2, -0.15) is 0 Å². The van der Waals surface area contributed by atoms with Crippen LogP contribution in [0, 0.1) is 0 Å². The highest BCUT2D eigenvalue weighted by atomic mass is 16.2. The van der Waals surface area contributed by atoms with Gasteiger partial charge in [-0.1, -0.05) is 6.92 Å². The van der Waals surface area contributed by atoms with Crippen LogP contribution in [0.3, 0.4) is 0 Å². The SMILES string of the molecule is CCCNC(=O)CNC(=O)c1ccc(N)cc1. The van der Waals surface area contributed by atoms with Gasteiger partial charge in [-0.15, -0.1) is 0 Å². The van der Waals surface area contributed by atoms with Gasteiger partial charge in [-0.05, 0) is 30.7 Å². The summed E-state index contributed by atoms with van der Waals surface area (Å²) in [5.74, 6) is -0.465. The van der Waals surface area contributed by atoms with Crippen LogP contribution in [-0.2, 0) is 4.79 Å². The summed E-state index contributed by atoms with van der Waals surface area (Å²) in [6.07, 6.45) is 0.873. The van der Waals surface area contributed by atoms with Crippen molar-refractivity contribution >= 4 is 17.5 Å². The van der Waals surface area contributed by atoms with E-state index in [0.29, 0.717) is 17.8 Å². The summed E-state index contributed by atoms with van der Waals surface area (Å²) in [5.41, 5.74) is 6.60. The van der Waals surface area contributed by atoms with Crippen LogP contribution in [-0.4, -0.2) is 24.9 Å². The molecule has 2 amide bonds. The first-order valence-corrected chi connectivity index (χ1v) is 5.54. The van der Waals surface area contributed by atoms with Crippen molar-refractivity contribution in [2.24, 2.45) is 0 Å². The fraction of sp³-hybridized carbons (Fsp3) is 0.333. The van der Waals surface area contributed by atoms with Gasteiger partial charge in [0.05, 0.1) is 6.54 Å². The lowest BCUT2D eigenvalue weighted by Crippen LogP contribution is -2.37. The predicted molar refractivity (Wildman–Crippen MR) is 66.5 cm³/mol. The van der Waals surface area contributed by atoms with Crippen molar-refractivity contribution in [1.29, 1.82) is 0 Å². The Morgan fingerprint density at radius 3 is 2.41 bits per heavy atom. The van der Waals surface area contributed by atoms with Gasteiger partial charge in [0, 0.05) is 17.8 Å². The molecule has 0 bridgehead atoms. The molecule has 1 rings (SSSR count). The van der Waals surface area contributed by atoms with Crippen molar-refractivity contribution in [3.63, 3.8) is 0 Å². The van der Waals surface area contributed by atoms with E-state index >= 15 is 0 Å². The first-order valence-electron chi connectivity index (χ1n) is 5.54. The van der Waals surface area contributed by atoms with Gasteiger partial charge in [0.25, 0.3) is 5.91 Å². The van der Waals surface area contributed by atoms with Crippen molar-refractivity contribution in [1.82, 2.24) is 10.6 Å². The number of nitrogens with two attached hydrogens (primary N) is 1. The summed E-state index contributed by atoms with van der Waals surface area (Å²) in [7, 11) is 0. The van der Waals surface area contributed by atoms with Crippen LogP contribution in [0.25, 0.3) is 0 Å². The van der Waals surface area contributed by atoms with Crippen LogP contribution in [0.2, 0.25) is 0 Å². The second-order valence-electron chi connectivity index (χ2n) is 3.65. The molecule has 5 heteroatoms. The van der Waals surface area contributed by atoms with E-state index in [9.17, 15) is 9.59 Å². The molecule has 0 radical (unpaired) electrons. The Hall–Kier alpha value is -2.04. The van der Waals surface area contributed by atoms with Crippen molar-refractivity contribution in [3.05, 3.63) is 29.8 Å². The summed E-state index contributed by atoms with van der Waals surface area (Å²) in [5, 5.41) is 5.21. The second kappa shape index (κ2) is 6.52. The number of carbonyl (C=O) groups excluding carboxylic acids is 2. The highest BCUT2D eigenvalue weighted by molar-refractivity contribution is 5.96. The van der Waals surface area contributed by atoms with Crippen LogP contribution >= 0.6 is 0 Å². The Kier molecular flexibility index (Phi) is 5.00. The zero-order valence-electron chi connectivity index (χ0n) is 9.82. The molecule has 1 aromatic rings. The van der Waals surface area contributed by atoms with Gasteiger partial charge in [0.2, 0.25) is 5.91 Å². The van der Waals surface area contributed by atoms with E-state index in [4.69, 9.17) is 5.73 Å². The molecular formula is C12H17N3O2. The summed E-state index contributed by atoms with van der Waals surface area (Å²) in [6, 6.07) is 6.53. The molecule has 0 aromatic heterocycles. The Morgan fingerprint density at radius 1 is 1.18 bits per heavy atom. The fourth-order valence-corrected chi connectivity index (χ4v) is 1.22. The Bertz CT molecular complexity index is 387. The zero-order chi connectivity index (χ0) is 12.7. The second-order valence-corrected chi connectivity index (χ2v) is 3.65. The molecule has 0 aliphatic carbocycles. The largest absolute Gasteiger partial charge is 0.399 e. The molecule has 0 aliphatic heterocycles. The lowest BCUT2D eigenvalue weighted by Gasteiger charge is -2.06. The Morgan fingerprint density at radius 2 is 1.82 bits per heavy atom. The highest BCUT2D eigenvalue weighted by Crippen LogP contribution is 2.04. The van der Waals surface area contributed by atoms with Crippen molar-refractivity contribution in [2.45, 2.75) is 13.3 Å². The maximum absolute atomic E-state index is 11.6. The van der Waals surface area contributed by atoms with Crippen LogP contribution in [0.1, 0.15) is 23.7 Å². The average molecular weight is 235 g/mol. The smallest absolute Gasteiger partial charge is 0.251 e. The molecule has 0 fully saturated rings. The molecule has 5 nitrogen and oxygen atoms in total. The number of amides is 2. The summed E-state index contributed by atoms with van der Waals surface area (Å²) >= 11 is 0. The summed E-state index contributed by atoms with van der Waals surface area (Å²) in [6.45, 7) is 2.58. The number of nitrogens with one attached hydrogen (secondary N) is 2. The van der Waals surface area contributed by atoms with E-state index in [-0.39, 0.29) is 18.4 Å². The maximum Gasteiger partial charge on any atom is 0.251 e. The standard InChI is InChI=1S/C12H17N3O2/c1-2-7-14-11(16)8-15-12(17)9-3-5-10(13)6-4-9/h3-6H,2,7-8,13H2,1H3,(H,14,16)(H,15,17). The molecule has 17 heavy (non-hydrogen) atoms. The average Bonchev–Trinajstić information content (AvgIpc) is 2.34. The van der Waals surface area contributed by atoms with Gasteiger partial charge in [-0.3, -0.25) is 9.59 Å². The molecular weight excluding hydrogens is 218 g/mol. The monoisotopic (exact) mass is 235 g/mol. The number of carbonyl (C=O) groups is 2. The van der Waals surface area contributed by atoms with Crippen LogP contribution < -0.4 is 16.4 Å². The number of nitrogen functional groups attached to an aromatic ring is 1. The molecule has 92 valence electrons. The Labute approximate surface area is 100 Å². The first kappa shape index (κ1) is 13.0. The third kappa shape index (κ3) is 4.55. The number of rotatable bonds is 5. The van der Waals surface area contributed by atoms with Gasteiger partial charge >= 0.3 is 0 Å². The summed E-state index contributed by atoms with van der Waals surface area (Å²) < 4.78 is 0. The first-order chi connectivity index (χ1) is 8.13. The lowest BCUT2D eigenvalue weighted by molar-refractivity contribution is -0.120. The number of anilines is 1. The lowest BCUT2D eigenvalue weighted by atomic mass is 10.2. The number of hydrogen-bond donors (Lipinski definition) is 3. The molecule has 4 N–H and O–H groups in total. The quantitative estimate of drug-likeness (QED) is 0.651. The molecule has 0 heterocycles. The topological polar surface area (TPSA) is 84.2 Å². The van der Waals surface area contributed by atoms with Gasteiger partial charge in [-0.25, -0.2) is 0 Å². The van der Waals surface area contributed by atoms with Gasteiger partial charge in [0.1, 0.15) is 0 Å². The summed E-state index contributed by atoms with van der Waals surface area (Å²) in [4.78, 5) is 22.8. The van der Waals surface area contributed by atoms with Crippen LogP contribution in [0.4, 0.5) is 5.69 Å². The number of hydrogen-bond acceptors (Lipinski definition) is 3. The highest BCUT2D eigenvalue weighted by Gasteiger charge is 2.06. The van der Waals surface area contributed by atoms with E-state index in [1.165, 1.54) is 0 Å². The Balaban J connectivity index is 2.39. The van der Waals surface area contributed by atoms with Crippen LogP contribution in [0.5, 0.6) is 0 Å². The molecule has 0 saturated heterocycles. The molecule has 0 atom stereocenters. The molecule has 0 saturated carbocycles. The van der Waals surface area contributed by atoms with Gasteiger partial charge < -0.3 is 16.4 Å². The minimum atomic E-state index is -0.281. The normalized spacial score (nSPS) is 9.71. The third-order valence-corrected chi connectivity index (χ3v) is 2.15. The van der Waals surface area contributed by atoms with E-state index in [1.54, 1.807) is 24.3 Å². The van der Waals surface area contributed by atoms with E-state index < -0.39 is 0 Å².